The highest BCUT2D eigenvalue weighted by molar-refractivity contribution is 5.95. The minimum atomic E-state index is -0.525. The molecule has 0 amide bonds. The molecule has 0 spiro atoms. The quantitative estimate of drug-likeness (QED) is 0.612. The second-order valence-corrected chi connectivity index (χ2v) is 3.82. The van der Waals surface area contributed by atoms with Crippen molar-refractivity contribution in [2.75, 3.05) is 19.0 Å². The molecule has 0 bridgehead atoms. The largest absolute Gasteiger partial charge is 0.465 e. The third-order valence-corrected chi connectivity index (χ3v) is 2.48. The van der Waals surface area contributed by atoms with Crippen molar-refractivity contribution in [1.29, 1.82) is 0 Å². The maximum Gasteiger partial charge on any atom is 0.340 e. The second kappa shape index (κ2) is 6.89. The van der Waals surface area contributed by atoms with Gasteiger partial charge in [0.2, 0.25) is 0 Å². The van der Waals surface area contributed by atoms with Crippen molar-refractivity contribution in [3.05, 3.63) is 29.6 Å². The minimum absolute atomic E-state index is 0.240. The van der Waals surface area contributed by atoms with Gasteiger partial charge in [-0.05, 0) is 24.6 Å². The van der Waals surface area contributed by atoms with Crippen LogP contribution in [0.5, 0.6) is 0 Å². The summed E-state index contributed by atoms with van der Waals surface area (Å²) in [5, 5.41) is 3.12. The number of carbonyl (C=O) groups excluding carboxylic acids is 1. The standard InChI is InChI=1S/C13H18FNO2/c1-3-4-5-8-15-12-7-6-10(14)9-11(12)13(16)17-2/h6-7,9,15H,3-5,8H2,1-2H3. The molecule has 1 aromatic carbocycles. The topological polar surface area (TPSA) is 38.3 Å². The van der Waals surface area contributed by atoms with E-state index in [-0.39, 0.29) is 5.56 Å². The van der Waals surface area contributed by atoms with Crippen molar-refractivity contribution >= 4 is 11.7 Å². The average Bonchev–Trinajstić information content (AvgIpc) is 2.35. The van der Waals surface area contributed by atoms with Crippen LogP contribution in [0.2, 0.25) is 0 Å². The Morgan fingerprint density at radius 1 is 1.41 bits per heavy atom. The van der Waals surface area contributed by atoms with Gasteiger partial charge in [0, 0.05) is 12.2 Å². The summed E-state index contributed by atoms with van der Waals surface area (Å²) in [6.45, 7) is 2.89. The Hall–Kier alpha value is -1.58. The van der Waals surface area contributed by atoms with Crippen LogP contribution in [0.4, 0.5) is 10.1 Å². The summed E-state index contributed by atoms with van der Waals surface area (Å²) in [6, 6.07) is 4.08. The number of esters is 1. The Morgan fingerprint density at radius 2 is 2.18 bits per heavy atom. The summed E-state index contributed by atoms with van der Waals surface area (Å²) in [7, 11) is 1.29. The highest BCUT2D eigenvalue weighted by Crippen LogP contribution is 2.18. The van der Waals surface area contributed by atoms with Crippen LogP contribution in [0.3, 0.4) is 0 Å². The highest BCUT2D eigenvalue weighted by atomic mass is 19.1. The molecule has 0 atom stereocenters. The van der Waals surface area contributed by atoms with Gasteiger partial charge in [-0.2, -0.15) is 0 Å². The molecule has 4 heteroatoms. The Morgan fingerprint density at radius 3 is 2.82 bits per heavy atom. The molecule has 0 saturated carbocycles. The maximum absolute atomic E-state index is 13.1. The fraction of sp³-hybridized carbons (Fsp3) is 0.462. The number of carbonyl (C=O) groups is 1. The monoisotopic (exact) mass is 239 g/mol. The van der Waals surface area contributed by atoms with Gasteiger partial charge >= 0.3 is 5.97 Å². The Bertz CT molecular complexity index is 380. The Labute approximate surface area is 101 Å². The lowest BCUT2D eigenvalue weighted by Gasteiger charge is -2.10. The van der Waals surface area contributed by atoms with E-state index in [4.69, 9.17) is 0 Å². The molecule has 17 heavy (non-hydrogen) atoms. The van der Waals surface area contributed by atoms with E-state index in [0.717, 1.165) is 25.8 Å². The zero-order valence-electron chi connectivity index (χ0n) is 10.3. The number of hydrogen-bond donors (Lipinski definition) is 1. The molecule has 0 unspecified atom stereocenters. The molecule has 0 aliphatic carbocycles. The molecular formula is C13H18FNO2. The van der Waals surface area contributed by atoms with E-state index in [2.05, 4.69) is 17.0 Å². The lowest BCUT2D eigenvalue weighted by molar-refractivity contribution is 0.0601. The molecule has 0 fully saturated rings. The summed E-state index contributed by atoms with van der Waals surface area (Å²) >= 11 is 0. The number of rotatable bonds is 6. The Kier molecular flexibility index (Phi) is 5.46. The number of methoxy groups -OCH3 is 1. The van der Waals surface area contributed by atoms with E-state index in [1.807, 2.05) is 0 Å². The predicted molar refractivity (Wildman–Crippen MR) is 65.8 cm³/mol. The van der Waals surface area contributed by atoms with Crippen LogP contribution >= 0.6 is 0 Å². The molecule has 94 valence electrons. The molecule has 3 nitrogen and oxygen atoms in total. The van der Waals surface area contributed by atoms with E-state index < -0.39 is 11.8 Å². The fourth-order valence-electron chi connectivity index (χ4n) is 1.55. The van der Waals surface area contributed by atoms with E-state index in [1.165, 1.54) is 19.2 Å². The third-order valence-electron chi connectivity index (χ3n) is 2.48. The van der Waals surface area contributed by atoms with Crippen molar-refractivity contribution in [1.82, 2.24) is 0 Å². The van der Waals surface area contributed by atoms with Crippen molar-refractivity contribution < 1.29 is 13.9 Å². The average molecular weight is 239 g/mol. The molecule has 0 heterocycles. The number of halogens is 1. The molecule has 1 aromatic rings. The number of anilines is 1. The van der Waals surface area contributed by atoms with Gasteiger partial charge in [0.05, 0.1) is 12.7 Å². The lowest BCUT2D eigenvalue weighted by Crippen LogP contribution is -2.09. The van der Waals surface area contributed by atoms with E-state index in [9.17, 15) is 9.18 Å². The van der Waals surface area contributed by atoms with Crippen LogP contribution in [-0.4, -0.2) is 19.6 Å². The van der Waals surface area contributed by atoms with Gasteiger partial charge in [0.1, 0.15) is 5.82 Å². The molecule has 0 aliphatic heterocycles. The van der Waals surface area contributed by atoms with Gasteiger partial charge in [-0.1, -0.05) is 19.8 Å². The Balaban J connectivity index is 2.72. The van der Waals surface area contributed by atoms with E-state index >= 15 is 0 Å². The van der Waals surface area contributed by atoms with Gasteiger partial charge in [0.15, 0.2) is 0 Å². The first-order valence-electron chi connectivity index (χ1n) is 5.80. The predicted octanol–water partition coefficient (Wildman–Crippen LogP) is 3.21. The van der Waals surface area contributed by atoms with Crippen LogP contribution in [0.1, 0.15) is 36.5 Å². The van der Waals surface area contributed by atoms with Gasteiger partial charge in [-0.3, -0.25) is 0 Å². The van der Waals surface area contributed by atoms with Gasteiger partial charge in [0.25, 0.3) is 0 Å². The molecule has 1 rings (SSSR count). The van der Waals surface area contributed by atoms with Crippen LogP contribution in [0.25, 0.3) is 0 Å². The number of benzene rings is 1. The molecule has 0 saturated heterocycles. The van der Waals surface area contributed by atoms with Crippen molar-refractivity contribution in [3.63, 3.8) is 0 Å². The first kappa shape index (κ1) is 13.5. The zero-order valence-corrected chi connectivity index (χ0v) is 10.3. The van der Waals surface area contributed by atoms with Gasteiger partial charge in [-0.25, -0.2) is 9.18 Å². The SMILES string of the molecule is CCCCCNc1ccc(F)cc1C(=O)OC. The molecule has 0 aliphatic rings. The van der Waals surface area contributed by atoms with Crippen LogP contribution in [0, 0.1) is 5.82 Å². The first-order valence-corrected chi connectivity index (χ1v) is 5.80. The number of hydrogen-bond acceptors (Lipinski definition) is 3. The summed E-state index contributed by atoms with van der Waals surface area (Å²) in [5.41, 5.74) is 0.860. The number of ether oxygens (including phenoxy) is 1. The third kappa shape index (κ3) is 4.06. The normalized spacial score (nSPS) is 10.1. The van der Waals surface area contributed by atoms with Gasteiger partial charge < -0.3 is 10.1 Å². The minimum Gasteiger partial charge on any atom is -0.465 e. The lowest BCUT2D eigenvalue weighted by atomic mass is 10.1. The first-order chi connectivity index (χ1) is 8.19. The van der Waals surface area contributed by atoms with E-state index in [0.29, 0.717) is 5.69 Å². The summed E-state index contributed by atoms with van der Waals surface area (Å²) < 4.78 is 17.7. The van der Waals surface area contributed by atoms with E-state index in [1.54, 1.807) is 6.07 Å². The summed E-state index contributed by atoms with van der Waals surface area (Å²) in [5.74, 6) is -0.966. The molecular weight excluding hydrogens is 221 g/mol. The van der Waals surface area contributed by atoms with Crippen LogP contribution in [-0.2, 0) is 4.74 Å². The summed E-state index contributed by atoms with van der Waals surface area (Å²) in [4.78, 5) is 11.4. The van der Waals surface area contributed by atoms with Crippen molar-refractivity contribution in [2.45, 2.75) is 26.2 Å². The van der Waals surface area contributed by atoms with Gasteiger partial charge in [-0.15, -0.1) is 0 Å². The van der Waals surface area contributed by atoms with Crippen LogP contribution < -0.4 is 5.32 Å². The molecule has 0 radical (unpaired) electrons. The second-order valence-electron chi connectivity index (χ2n) is 3.82. The summed E-state index contributed by atoms with van der Waals surface area (Å²) in [6.07, 6.45) is 3.28. The number of nitrogens with one attached hydrogen (secondary N) is 1. The van der Waals surface area contributed by atoms with Crippen molar-refractivity contribution in [3.8, 4) is 0 Å². The zero-order chi connectivity index (χ0) is 12.7. The molecule has 1 N–H and O–H groups in total. The van der Waals surface area contributed by atoms with Crippen molar-refractivity contribution in [2.24, 2.45) is 0 Å². The number of unbranched alkanes of at least 4 members (excludes halogenated alkanes) is 2. The maximum atomic E-state index is 13.1. The highest BCUT2D eigenvalue weighted by Gasteiger charge is 2.12. The van der Waals surface area contributed by atoms with Crippen LogP contribution in [0.15, 0.2) is 18.2 Å². The molecule has 0 aromatic heterocycles. The smallest absolute Gasteiger partial charge is 0.340 e. The fourth-order valence-corrected chi connectivity index (χ4v) is 1.55.